The lowest BCUT2D eigenvalue weighted by atomic mass is 9.91. The molecule has 7 rings (SSSR count). The maximum absolute atomic E-state index is 2.37. The van der Waals surface area contributed by atoms with Gasteiger partial charge in [0.15, 0.2) is 0 Å². The highest BCUT2D eigenvalue weighted by molar-refractivity contribution is 5.95. The molecule has 0 amide bonds. The van der Waals surface area contributed by atoms with Gasteiger partial charge in [0, 0.05) is 0 Å². The van der Waals surface area contributed by atoms with E-state index in [9.17, 15) is 0 Å². The largest absolute Gasteiger partial charge is 0.0620 e. The molecule has 182 valence electrons. The molecule has 0 fully saturated rings. The summed E-state index contributed by atoms with van der Waals surface area (Å²) in [7, 11) is 0. The summed E-state index contributed by atoms with van der Waals surface area (Å²) in [6, 6.07) is 44.7. The van der Waals surface area contributed by atoms with Crippen LogP contribution < -0.4 is 0 Å². The fourth-order valence-electron chi connectivity index (χ4n) is 6.17. The Kier molecular flexibility index (Phi) is 5.87. The van der Waals surface area contributed by atoms with E-state index in [1.54, 1.807) is 0 Å². The van der Waals surface area contributed by atoms with Crippen molar-refractivity contribution in [2.75, 3.05) is 0 Å². The summed E-state index contributed by atoms with van der Waals surface area (Å²) >= 11 is 0. The number of benzene rings is 5. The van der Waals surface area contributed by atoms with Crippen molar-refractivity contribution < 1.29 is 0 Å². The summed E-state index contributed by atoms with van der Waals surface area (Å²) in [4.78, 5) is 0. The minimum Gasteiger partial charge on any atom is -0.0620 e. The third-order valence-electron chi connectivity index (χ3n) is 8.12. The first-order valence-corrected chi connectivity index (χ1v) is 13.7. The highest BCUT2D eigenvalue weighted by Crippen LogP contribution is 2.36. The molecule has 0 nitrogen and oxygen atoms in total. The van der Waals surface area contributed by atoms with Gasteiger partial charge in [-0.15, -0.1) is 0 Å². The van der Waals surface area contributed by atoms with Gasteiger partial charge in [0.05, 0.1) is 0 Å². The van der Waals surface area contributed by atoms with E-state index in [4.69, 9.17) is 0 Å². The number of hydrogen-bond acceptors (Lipinski definition) is 0. The summed E-state index contributed by atoms with van der Waals surface area (Å²) in [5.74, 6) is 0. The second-order valence-corrected chi connectivity index (χ2v) is 10.4. The minimum atomic E-state index is 1.08. The molecule has 0 aliphatic heterocycles. The standard InChI is InChI=1S/C38H30/c1-5-13-33-29(9-1)21-22-30-10-2-6-14-34(30)37(33)25-27-17-19-28(20-18-27)26-38-35-15-7-3-11-31(35)23-24-32-12-4-8-16-36(32)38/h1-20,25-26H,21-24H2. The molecule has 0 bridgehead atoms. The topological polar surface area (TPSA) is 0 Å². The zero-order valence-corrected chi connectivity index (χ0v) is 21.5. The van der Waals surface area contributed by atoms with Crippen LogP contribution in [0, 0.1) is 0 Å². The Morgan fingerprint density at radius 1 is 0.316 bits per heavy atom. The van der Waals surface area contributed by atoms with Crippen LogP contribution >= 0.6 is 0 Å². The second-order valence-electron chi connectivity index (χ2n) is 10.4. The average Bonchev–Trinajstić information content (AvgIpc) is 3.23. The molecular formula is C38H30. The first-order chi connectivity index (χ1) is 18.8. The van der Waals surface area contributed by atoms with E-state index in [-0.39, 0.29) is 0 Å². The Balaban J connectivity index is 1.31. The van der Waals surface area contributed by atoms with Crippen LogP contribution in [0.1, 0.15) is 55.6 Å². The number of aryl methyl sites for hydroxylation is 4. The Hall–Kier alpha value is -4.42. The molecular weight excluding hydrogens is 456 g/mol. The molecule has 0 atom stereocenters. The Labute approximate surface area is 225 Å². The van der Waals surface area contributed by atoms with Gasteiger partial charge in [-0.1, -0.05) is 121 Å². The summed E-state index contributed by atoms with van der Waals surface area (Å²) in [6.45, 7) is 0. The first kappa shape index (κ1) is 22.8. The lowest BCUT2D eigenvalue weighted by Gasteiger charge is -2.13. The smallest absolute Gasteiger partial charge is 0.00999 e. The predicted octanol–water partition coefficient (Wildman–Crippen LogP) is 9.06. The second kappa shape index (κ2) is 9.80. The molecule has 5 aromatic carbocycles. The SMILES string of the molecule is C(=C1c2ccccc2CCc2ccccc21)c1ccc(C=C2c3ccccc3CCc3ccccc32)cc1. The third kappa shape index (κ3) is 4.23. The van der Waals surface area contributed by atoms with Crippen molar-refractivity contribution >= 4 is 23.3 Å². The van der Waals surface area contributed by atoms with Gasteiger partial charge in [0.25, 0.3) is 0 Å². The molecule has 0 saturated heterocycles. The quantitative estimate of drug-likeness (QED) is 0.233. The normalized spacial score (nSPS) is 13.8. The van der Waals surface area contributed by atoms with Crippen molar-refractivity contribution in [3.8, 4) is 0 Å². The molecule has 2 aliphatic rings. The lowest BCUT2D eigenvalue weighted by Crippen LogP contribution is -1.93. The van der Waals surface area contributed by atoms with Crippen LogP contribution in [0.25, 0.3) is 23.3 Å². The van der Waals surface area contributed by atoms with Gasteiger partial charge < -0.3 is 0 Å². The highest BCUT2D eigenvalue weighted by atomic mass is 14.2. The monoisotopic (exact) mass is 486 g/mol. The van der Waals surface area contributed by atoms with Gasteiger partial charge in [0.1, 0.15) is 0 Å². The van der Waals surface area contributed by atoms with E-state index in [1.165, 1.54) is 66.8 Å². The van der Waals surface area contributed by atoms with E-state index in [2.05, 4.69) is 133 Å². The van der Waals surface area contributed by atoms with Crippen LogP contribution in [0.2, 0.25) is 0 Å². The Bertz CT molecular complexity index is 1470. The average molecular weight is 487 g/mol. The summed E-state index contributed by atoms with van der Waals surface area (Å²) < 4.78 is 0. The van der Waals surface area contributed by atoms with Crippen LogP contribution in [0.3, 0.4) is 0 Å². The number of fused-ring (bicyclic) bond motifs is 4. The molecule has 0 heteroatoms. The van der Waals surface area contributed by atoms with E-state index < -0.39 is 0 Å². The van der Waals surface area contributed by atoms with Crippen molar-refractivity contribution in [2.45, 2.75) is 25.7 Å². The minimum absolute atomic E-state index is 1.08. The van der Waals surface area contributed by atoms with Gasteiger partial charge >= 0.3 is 0 Å². The zero-order chi connectivity index (χ0) is 25.3. The number of rotatable bonds is 2. The van der Waals surface area contributed by atoms with E-state index in [0.717, 1.165) is 25.7 Å². The summed E-state index contributed by atoms with van der Waals surface area (Å²) in [5, 5.41) is 0. The lowest BCUT2D eigenvalue weighted by molar-refractivity contribution is 0.965. The fourth-order valence-corrected chi connectivity index (χ4v) is 6.17. The summed E-state index contributed by atoms with van der Waals surface area (Å²) in [6.07, 6.45) is 9.08. The van der Waals surface area contributed by atoms with E-state index in [1.807, 2.05) is 0 Å². The predicted molar refractivity (Wildman–Crippen MR) is 161 cm³/mol. The molecule has 0 unspecified atom stereocenters. The van der Waals surface area contributed by atoms with E-state index >= 15 is 0 Å². The van der Waals surface area contributed by atoms with Gasteiger partial charge in [-0.25, -0.2) is 0 Å². The third-order valence-corrected chi connectivity index (χ3v) is 8.12. The highest BCUT2D eigenvalue weighted by Gasteiger charge is 2.19. The molecule has 5 aromatic rings. The molecule has 0 aromatic heterocycles. The van der Waals surface area contributed by atoms with Crippen molar-refractivity contribution in [3.63, 3.8) is 0 Å². The fraction of sp³-hybridized carbons (Fsp3) is 0.105. The van der Waals surface area contributed by atoms with Crippen molar-refractivity contribution in [3.05, 3.63) is 177 Å². The van der Waals surface area contributed by atoms with Crippen LogP contribution in [-0.2, 0) is 25.7 Å². The van der Waals surface area contributed by atoms with Crippen molar-refractivity contribution in [1.29, 1.82) is 0 Å². The molecule has 0 spiro atoms. The van der Waals surface area contributed by atoms with Crippen LogP contribution in [0.5, 0.6) is 0 Å². The molecule has 0 radical (unpaired) electrons. The molecule has 0 heterocycles. The number of hydrogen-bond donors (Lipinski definition) is 0. The summed E-state index contributed by atoms with van der Waals surface area (Å²) in [5.41, 5.74) is 16.3. The van der Waals surface area contributed by atoms with Crippen molar-refractivity contribution in [2.24, 2.45) is 0 Å². The molecule has 0 N–H and O–H groups in total. The zero-order valence-electron chi connectivity index (χ0n) is 21.5. The first-order valence-electron chi connectivity index (χ1n) is 13.7. The van der Waals surface area contributed by atoms with Gasteiger partial charge in [-0.3, -0.25) is 0 Å². The Morgan fingerprint density at radius 3 is 0.868 bits per heavy atom. The van der Waals surface area contributed by atoms with Crippen LogP contribution in [0.4, 0.5) is 0 Å². The van der Waals surface area contributed by atoms with Crippen LogP contribution in [-0.4, -0.2) is 0 Å². The van der Waals surface area contributed by atoms with Gasteiger partial charge in [0.2, 0.25) is 0 Å². The maximum atomic E-state index is 2.37. The molecule has 38 heavy (non-hydrogen) atoms. The van der Waals surface area contributed by atoms with Gasteiger partial charge in [-0.2, -0.15) is 0 Å². The molecule has 0 saturated carbocycles. The van der Waals surface area contributed by atoms with Crippen LogP contribution in [0.15, 0.2) is 121 Å². The van der Waals surface area contributed by atoms with E-state index in [0.29, 0.717) is 0 Å². The van der Waals surface area contributed by atoms with Gasteiger partial charge in [-0.05, 0) is 105 Å². The Morgan fingerprint density at radius 2 is 0.579 bits per heavy atom. The maximum Gasteiger partial charge on any atom is -0.00999 e. The molecule has 2 aliphatic carbocycles. The van der Waals surface area contributed by atoms with Crippen molar-refractivity contribution in [1.82, 2.24) is 0 Å².